The smallest absolute Gasteiger partial charge is 0.159 e. The van der Waals surface area contributed by atoms with Gasteiger partial charge in [0.05, 0.1) is 0 Å². The molecule has 0 saturated carbocycles. The molecule has 0 aliphatic rings. The van der Waals surface area contributed by atoms with Gasteiger partial charge in [-0.3, -0.25) is 4.79 Å². The van der Waals surface area contributed by atoms with E-state index < -0.39 is 0 Å². The van der Waals surface area contributed by atoms with E-state index in [1.165, 1.54) is 0 Å². The Balaban J connectivity index is 1.82. The molecule has 0 heterocycles. The van der Waals surface area contributed by atoms with Crippen molar-refractivity contribution in [2.45, 2.75) is 13.8 Å². The van der Waals surface area contributed by atoms with Gasteiger partial charge < -0.3 is 10.6 Å². The molecule has 3 nitrogen and oxygen atoms in total. The third-order valence-electron chi connectivity index (χ3n) is 5.25. The van der Waals surface area contributed by atoms with Crippen LogP contribution in [0.2, 0.25) is 0 Å². The summed E-state index contributed by atoms with van der Waals surface area (Å²) in [6.45, 7) is 3.65. The van der Waals surface area contributed by atoms with Gasteiger partial charge in [0.2, 0.25) is 0 Å². The predicted molar refractivity (Wildman–Crippen MR) is 126 cm³/mol. The van der Waals surface area contributed by atoms with Crippen molar-refractivity contribution in [2.75, 3.05) is 10.6 Å². The Labute approximate surface area is 177 Å². The Kier molecular flexibility index (Phi) is 5.36. The zero-order chi connectivity index (χ0) is 21.1. The number of nitrogens with two attached hydrogens (primary N) is 1. The van der Waals surface area contributed by atoms with Crippen LogP contribution in [0, 0.1) is 6.92 Å². The normalized spacial score (nSPS) is 10.6. The van der Waals surface area contributed by atoms with Gasteiger partial charge in [-0.1, -0.05) is 42.5 Å². The summed E-state index contributed by atoms with van der Waals surface area (Å²) in [7, 11) is 0. The quantitative estimate of drug-likeness (QED) is 0.296. The number of para-hydroxylation sites is 2. The van der Waals surface area contributed by atoms with Gasteiger partial charge in [-0.05, 0) is 79.6 Å². The number of benzene rings is 4. The highest BCUT2D eigenvalue weighted by molar-refractivity contribution is 5.97. The zero-order valence-corrected chi connectivity index (χ0v) is 17.2. The maximum Gasteiger partial charge on any atom is 0.159 e. The fourth-order valence-electron chi connectivity index (χ4n) is 3.70. The average molecular weight is 393 g/mol. The van der Waals surface area contributed by atoms with E-state index in [0.29, 0.717) is 11.3 Å². The maximum absolute atomic E-state index is 11.8. The van der Waals surface area contributed by atoms with Crippen LogP contribution < -0.4 is 10.6 Å². The first-order chi connectivity index (χ1) is 14.5. The highest BCUT2D eigenvalue weighted by Crippen LogP contribution is 2.38. The minimum Gasteiger partial charge on any atom is -0.398 e. The first-order valence-corrected chi connectivity index (χ1v) is 9.96. The van der Waals surface area contributed by atoms with Crippen LogP contribution in [0.25, 0.3) is 11.1 Å². The van der Waals surface area contributed by atoms with E-state index in [4.69, 9.17) is 5.73 Å². The van der Waals surface area contributed by atoms with Crippen LogP contribution in [-0.4, -0.2) is 5.78 Å². The van der Waals surface area contributed by atoms with Crippen molar-refractivity contribution in [1.29, 1.82) is 0 Å². The third kappa shape index (κ3) is 3.83. The second kappa shape index (κ2) is 8.26. The lowest BCUT2D eigenvalue weighted by molar-refractivity contribution is 0.101. The number of carbonyl (C=O) groups is 1. The number of carbonyl (C=O) groups excluding carboxylic acids is 1. The summed E-state index contributed by atoms with van der Waals surface area (Å²) in [5.74, 6) is 0.0323. The second-order valence-corrected chi connectivity index (χ2v) is 7.36. The van der Waals surface area contributed by atoms with Gasteiger partial charge in [0, 0.05) is 33.9 Å². The molecule has 0 atom stereocenters. The molecule has 0 fully saturated rings. The molecule has 0 aliphatic carbocycles. The molecule has 4 aromatic carbocycles. The first-order valence-electron chi connectivity index (χ1n) is 9.96. The minimum absolute atomic E-state index is 0.0323. The van der Waals surface area contributed by atoms with Gasteiger partial charge in [0.1, 0.15) is 0 Å². The van der Waals surface area contributed by atoms with Crippen molar-refractivity contribution < 1.29 is 4.79 Å². The van der Waals surface area contributed by atoms with Gasteiger partial charge in [0.25, 0.3) is 0 Å². The lowest BCUT2D eigenvalue weighted by Crippen LogP contribution is -2.10. The Morgan fingerprint density at radius 3 is 1.83 bits per heavy atom. The number of nitrogens with zero attached hydrogens (tertiary/aromatic N) is 1. The molecular weight excluding hydrogens is 368 g/mol. The summed E-state index contributed by atoms with van der Waals surface area (Å²) in [5, 5.41) is 0. The molecule has 0 aromatic heterocycles. The fraction of sp³-hybridized carbons (Fsp3) is 0.0741. The number of Topliss-reactive ketones (excluding diaryl/α,β-unsaturated/α-hetero) is 1. The Morgan fingerprint density at radius 2 is 1.30 bits per heavy atom. The van der Waals surface area contributed by atoms with Gasteiger partial charge in [-0.15, -0.1) is 0 Å². The van der Waals surface area contributed by atoms with E-state index in [2.05, 4.69) is 54.3 Å². The number of aryl methyl sites for hydroxylation is 1. The lowest BCUT2D eigenvalue weighted by Gasteiger charge is -2.26. The van der Waals surface area contributed by atoms with E-state index in [9.17, 15) is 4.79 Å². The minimum atomic E-state index is 0.0323. The predicted octanol–water partition coefficient (Wildman–Crippen LogP) is 6.92. The molecular formula is C27H24N2O. The van der Waals surface area contributed by atoms with Crippen molar-refractivity contribution in [3.63, 3.8) is 0 Å². The van der Waals surface area contributed by atoms with Gasteiger partial charge in [0.15, 0.2) is 5.78 Å². The molecule has 0 saturated heterocycles. The first kappa shape index (κ1) is 19.5. The topological polar surface area (TPSA) is 46.3 Å². The molecule has 0 unspecified atom stereocenters. The van der Waals surface area contributed by atoms with E-state index in [-0.39, 0.29) is 5.78 Å². The number of hydrogen-bond acceptors (Lipinski definition) is 3. The van der Waals surface area contributed by atoms with Crippen molar-refractivity contribution >= 4 is 28.5 Å². The number of nitrogen functional groups attached to an aromatic ring is 1. The van der Waals surface area contributed by atoms with E-state index >= 15 is 0 Å². The summed E-state index contributed by atoms with van der Waals surface area (Å²) in [6, 6.07) is 32.4. The summed E-state index contributed by atoms with van der Waals surface area (Å²) >= 11 is 0. The number of ketones is 1. The molecule has 2 N–H and O–H groups in total. The molecule has 0 spiro atoms. The van der Waals surface area contributed by atoms with Crippen molar-refractivity contribution in [1.82, 2.24) is 0 Å². The van der Waals surface area contributed by atoms with E-state index in [0.717, 1.165) is 33.8 Å². The average Bonchev–Trinajstić information content (AvgIpc) is 2.76. The summed E-state index contributed by atoms with van der Waals surface area (Å²) < 4.78 is 0. The van der Waals surface area contributed by atoms with Crippen molar-refractivity contribution in [3.8, 4) is 11.1 Å². The molecule has 0 amide bonds. The summed E-state index contributed by atoms with van der Waals surface area (Å²) in [6.07, 6.45) is 0. The van der Waals surface area contributed by atoms with Crippen LogP contribution in [0.15, 0.2) is 97.1 Å². The largest absolute Gasteiger partial charge is 0.398 e. The summed E-state index contributed by atoms with van der Waals surface area (Å²) in [4.78, 5) is 14.1. The maximum atomic E-state index is 11.8. The van der Waals surface area contributed by atoms with Crippen LogP contribution in [-0.2, 0) is 0 Å². The Hall–Kier alpha value is -3.85. The Bertz CT molecular complexity index is 1140. The van der Waals surface area contributed by atoms with Gasteiger partial charge in [-0.25, -0.2) is 0 Å². The SMILES string of the molecule is CC(=O)c1ccc(N)c(-c2ccc(N(c3ccccc3)c3ccccc3)cc2C)c1. The molecule has 0 radical (unpaired) electrons. The molecule has 30 heavy (non-hydrogen) atoms. The van der Waals surface area contributed by atoms with Crippen LogP contribution in [0.1, 0.15) is 22.8 Å². The monoisotopic (exact) mass is 392 g/mol. The molecule has 3 heteroatoms. The van der Waals surface area contributed by atoms with E-state index in [1.807, 2.05) is 42.5 Å². The number of rotatable bonds is 5. The Morgan fingerprint density at radius 1 is 0.700 bits per heavy atom. The standard InChI is InChI=1S/C27H24N2O/c1-19-17-24(14-15-25(19)26-18-21(20(2)30)13-16-27(26)28)29(22-9-5-3-6-10-22)23-11-7-4-8-12-23/h3-18H,28H2,1-2H3. The van der Waals surface area contributed by atoms with Crippen LogP contribution in [0.4, 0.5) is 22.7 Å². The van der Waals surface area contributed by atoms with Crippen LogP contribution in [0.3, 0.4) is 0 Å². The van der Waals surface area contributed by atoms with Crippen molar-refractivity contribution in [3.05, 3.63) is 108 Å². The van der Waals surface area contributed by atoms with Gasteiger partial charge >= 0.3 is 0 Å². The number of anilines is 4. The van der Waals surface area contributed by atoms with E-state index in [1.54, 1.807) is 19.1 Å². The summed E-state index contributed by atoms with van der Waals surface area (Å²) in [5.41, 5.74) is 13.8. The van der Waals surface area contributed by atoms with Crippen LogP contribution in [0.5, 0.6) is 0 Å². The number of hydrogen-bond donors (Lipinski definition) is 1. The molecule has 0 aliphatic heterocycles. The molecule has 4 rings (SSSR count). The molecule has 148 valence electrons. The van der Waals surface area contributed by atoms with Crippen molar-refractivity contribution in [2.24, 2.45) is 0 Å². The second-order valence-electron chi connectivity index (χ2n) is 7.36. The van der Waals surface area contributed by atoms with Gasteiger partial charge in [-0.2, -0.15) is 0 Å². The molecule has 4 aromatic rings. The highest BCUT2D eigenvalue weighted by Gasteiger charge is 2.15. The zero-order valence-electron chi connectivity index (χ0n) is 17.2. The third-order valence-corrected chi connectivity index (χ3v) is 5.25. The highest BCUT2D eigenvalue weighted by atomic mass is 16.1. The lowest BCUT2D eigenvalue weighted by atomic mass is 9.95. The van der Waals surface area contributed by atoms with Crippen LogP contribution >= 0.6 is 0 Å². The fourth-order valence-corrected chi connectivity index (χ4v) is 3.70. The molecule has 0 bridgehead atoms.